The lowest BCUT2D eigenvalue weighted by atomic mass is 10.2. The minimum Gasteiger partial charge on any atom is -0.466 e. The van der Waals surface area contributed by atoms with Gasteiger partial charge in [0.1, 0.15) is 5.58 Å². The Balaban J connectivity index is 1.50. The quantitative estimate of drug-likeness (QED) is 0.176. The molecule has 1 aliphatic rings. The van der Waals surface area contributed by atoms with Crippen LogP contribution in [0.1, 0.15) is 64.7 Å². The van der Waals surface area contributed by atoms with Crippen LogP contribution in [0.2, 0.25) is 0 Å². The molecule has 0 spiro atoms. The number of carbonyl (C=O) groups excluding carboxylic acids is 1. The van der Waals surface area contributed by atoms with Gasteiger partial charge < -0.3 is 9.15 Å². The third-order valence-corrected chi connectivity index (χ3v) is 7.52. The van der Waals surface area contributed by atoms with Crippen molar-refractivity contribution in [2.75, 3.05) is 12.4 Å². The number of unbranched alkanes of at least 4 members (excludes halogenated alkanes) is 2. The lowest BCUT2D eigenvalue weighted by Gasteiger charge is -2.10. The summed E-state index contributed by atoms with van der Waals surface area (Å²) in [6, 6.07) is 7.86. The fourth-order valence-corrected chi connectivity index (χ4v) is 5.88. The number of benzene rings is 1. The second-order valence-corrected chi connectivity index (χ2v) is 10.0. The Morgan fingerprint density at radius 2 is 2.00 bits per heavy atom. The van der Waals surface area contributed by atoms with Gasteiger partial charge in [0.25, 0.3) is 0 Å². The topological polar surface area (TPSA) is 56.5 Å². The van der Waals surface area contributed by atoms with E-state index in [4.69, 9.17) is 9.15 Å². The Bertz CT molecular complexity index is 856. The molecule has 1 aromatic heterocycles. The van der Waals surface area contributed by atoms with E-state index in [0.717, 1.165) is 41.7 Å². The zero-order valence-corrected chi connectivity index (χ0v) is 18.7. The number of rotatable bonds is 11. The third kappa shape index (κ3) is 7.10. The van der Waals surface area contributed by atoms with Crippen molar-refractivity contribution in [2.24, 2.45) is 0 Å². The maximum atomic E-state index is 12.0. The molecule has 1 aromatic carbocycles. The molecular weight excluding hydrogens is 404 g/mol. The smallest absolute Gasteiger partial charge is 0.337 e. The highest BCUT2D eigenvalue weighted by molar-refractivity contribution is 8.00. The highest BCUT2D eigenvalue weighted by atomic mass is 32.2. The SMILES string of the molecule is CCCC(=O)OCCCCCSc1cc(=O)oc2cc(SC3CCCC3)ccc12. The van der Waals surface area contributed by atoms with E-state index in [0.29, 0.717) is 23.9 Å². The summed E-state index contributed by atoms with van der Waals surface area (Å²) in [6.07, 6.45) is 9.44. The summed E-state index contributed by atoms with van der Waals surface area (Å²) in [5, 5.41) is 1.71. The summed E-state index contributed by atoms with van der Waals surface area (Å²) in [5.74, 6) is 0.829. The molecule has 29 heavy (non-hydrogen) atoms. The molecular formula is C23H30O4S2. The van der Waals surface area contributed by atoms with Crippen LogP contribution in [0.3, 0.4) is 0 Å². The summed E-state index contributed by atoms with van der Waals surface area (Å²) in [5.41, 5.74) is 0.400. The fraction of sp³-hybridized carbons (Fsp3) is 0.565. The molecule has 6 heteroatoms. The van der Waals surface area contributed by atoms with Gasteiger partial charge in [0.2, 0.25) is 0 Å². The number of hydrogen-bond acceptors (Lipinski definition) is 6. The molecule has 1 saturated carbocycles. The fourth-order valence-electron chi connectivity index (χ4n) is 3.53. The molecule has 0 atom stereocenters. The minimum atomic E-state index is -0.286. The van der Waals surface area contributed by atoms with Crippen molar-refractivity contribution < 1.29 is 13.9 Å². The number of carbonyl (C=O) groups is 1. The van der Waals surface area contributed by atoms with Crippen molar-refractivity contribution in [3.05, 3.63) is 34.7 Å². The second-order valence-electron chi connectivity index (χ2n) is 7.49. The second kappa shape index (κ2) is 11.7. The first kappa shape index (κ1) is 22.3. The third-order valence-electron chi connectivity index (χ3n) is 5.05. The Hall–Kier alpha value is -1.40. The first-order valence-electron chi connectivity index (χ1n) is 10.7. The van der Waals surface area contributed by atoms with Crippen molar-refractivity contribution in [3.63, 3.8) is 0 Å². The van der Waals surface area contributed by atoms with Gasteiger partial charge in [-0.15, -0.1) is 23.5 Å². The largest absolute Gasteiger partial charge is 0.466 e. The van der Waals surface area contributed by atoms with Gasteiger partial charge in [0.15, 0.2) is 0 Å². The van der Waals surface area contributed by atoms with Gasteiger partial charge >= 0.3 is 11.6 Å². The van der Waals surface area contributed by atoms with Crippen LogP contribution in [0.25, 0.3) is 11.0 Å². The first-order chi connectivity index (χ1) is 14.2. The van der Waals surface area contributed by atoms with Crippen molar-refractivity contribution in [1.82, 2.24) is 0 Å². The van der Waals surface area contributed by atoms with Gasteiger partial charge in [-0.3, -0.25) is 4.79 Å². The van der Waals surface area contributed by atoms with Crippen LogP contribution >= 0.6 is 23.5 Å². The standard InChI is InChI=1S/C23H30O4S2/c1-2-8-22(24)26-13-6-3-7-14-28-21-16-23(25)27-20-15-18(11-12-19(20)21)29-17-9-4-5-10-17/h11-12,15-17H,2-10,13-14H2,1H3. The summed E-state index contributed by atoms with van der Waals surface area (Å²) in [4.78, 5) is 25.5. The number of thioether (sulfide) groups is 2. The van der Waals surface area contributed by atoms with E-state index in [-0.39, 0.29) is 11.6 Å². The van der Waals surface area contributed by atoms with Crippen LogP contribution < -0.4 is 5.63 Å². The zero-order chi connectivity index (χ0) is 20.5. The molecule has 0 aliphatic heterocycles. The molecule has 2 aromatic rings. The highest BCUT2D eigenvalue weighted by Gasteiger charge is 2.17. The maximum absolute atomic E-state index is 12.0. The van der Waals surface area contributed by atoms with Crippen molar-refractivity contribution in [3.8, 4) is 0 Å². The number of esters is 1. The Morgan fingerprint density at radius 3 is 2.79 bits per heavy atom. The molecule has 0 saturated heterocycles. The number of fused-ring (bicyclic) bond motifs is 1. The van der Waals surface area contributed by atoms with Crippen molar-refractivity contribution in [2.45, 2.75) is 79.8 Å². The summed E-state index contributed by atoms with van der Waals surface area (Å²) >= 11 is 3.61. The van der Waals surface area contributed by atoms with Gasteiger partial charge in [0.05, 0.1) is 6.61 Å². The molecule has 0 radical (unpaired) electrons. The highest BCUT2D eigenvalue weighted by Crippen LogP contribution is 2.37. The zero-order valence-electron chi connectivity index (χ0n) is 17.1. The lowest BCUT2D eigenvalue weighted by Crippen LogP contribution is -2.05. The van der Waals surface area contributed by atoms with E-state index in [1.165, 1.54) is 30.6 Å². The summed E-state index contributed by atoms with van der Waals surface area (Å²) in [7, 11) is 0. The molecule has 158 valence electrons. The van der Waals surface area contributed by atoms with E-state index >= 15 is 0 Å². The van der Waals surface area contributed by atoms with Crippen molar-refractivity contribution in [1.29, 1.82) is 0 Å². The summed E-state index contributed by atoms with van der Waals surface area (Å²) < 4.78 is 10.7. The lowest BCUT2D eigenvalue weighted by molar-refractivity contribution is -0.143. The molecule has 1 heterocycles. The predicted molar refractivity (Wildman–Crippen MR) is 121 cm³/mol. The number of ether oxygens (including phenoxy) is 1. The monoisotopic (exact) mass is 434 g/mol. The number of hydrogen-bond donors (Lipinski definition) is 0. The van der Waals surface area contributed by atoms with Crippen LogP contribution in [0.4, 0.5) is 0 Å². The van der Waals surface area contributed by atoms with Gasteiger partial charge in [-0.25, -0.2) is 4.79 Å². The molecule has 4 nitrogen and oxygen atoms in total. The van der Waals surface area contributed by atoms with Gasteiger partial charge in [-0.05, 0) is 62.5 Å². The molecule has 3 rings (SSSR count). The van der Waals surface area contributed by atoms with Crippen LogP contribution in [0.5, 0.6) is 0 Å². The van der Waals surface area contributed by atoms with Gasteiger partial charge in [-0.1, -0.05) is 19.8 Å². The average Bonchev–Trinajstić information content (AvgIpc) is 3.20. The Kier molecular flexibility index (Phi) is 8.99. The van der Waals surface area contributed by atoms with E-state index in [2.05, 4.69) is 12.1 Å². The van der Waals surface area contributed by atoms with E-state index in [9.17, 15) is 9.59 Å². The van der Waals surface area contributed by atoms with Crippen LogP contribution in [-0.2, 0) is 9.53 Å². The molecule has 0 bridgehead atoms. The molecule has 0 N–H and O–H groups in total. The maximum Gasteiger partial charge on any atom is 0.337 e. The van der Waals surface area contributed by atoms with Crippen molar-refractivity contribution >= 4 is 40.5 Å². The normalized spacial score (nSPS) is 14.5. The van der Waals surface area contributed by atoms with E-state index in [1.807, 2.05) is 24.8 Å². The summed E-state index contributed by atoms with van der Waals surface area (Å²) in [6.45, 7) is 2.48. The van der Waals surface area contributed by atoms with E-state index < -0.39 is 0 Å². The van der Waals surface area contributed by atoms with Crippen LogP contribution in [0, 0.1) is 0 Å². The van der Waals surface area contributed by atoms with E-state index in [1.54, 1.807) is 17.8 Å². The van der Waals surface area contributed by atoms with Gasteiger partial charge in [0, 0.05) is 32.9 Å². The predicted octanol–water partition coefficient (Wildman–Crippen LogP) is 6.43. The van der Waals surface area contributed by atoms with Crippen LogP contribution in [-0.4, -0.2) is 23.6 Å². The first-order valence-corrected chi connectivity index (χ1v) is 12.5. The molecule has 0 amide bonds. The molecule has 1 fully saturated rings. The van der Waals surface area contributed by atoms with Gasteiger partial charge in [-0.2, -0.15) is 0 Å². The van der Waals surface area contributed by atoms with Crippen LogP contribution in [0.15, 0.2) is 43.3 Å². The average molecular weight is 435 g/mol. The minimum absolute atomic E-state index is 0.102. The molecule has 0 unspecified atom stereocenters. The molecule has 1 aliphatic carbocycles. The Labute approximate surface area is 181 Å². The Morgan fingerprint density at radius 1 is 1.17 bits per heavy atom.